The zero-order chi connectivity index (χ0) is 24.3. The maximum atomic E-state index is 14.7. The first-order valence-electron chi connectivity index (χ1n) is 11.1. The fraction of sp³-hybridized carbons (Fsp3) is 0.269. The van der Waals surface area contributed by atoms with E-state index in [1.807, 2.05) is 24.3 Å². The molecule has 3 aromatic rings. The molecule has 1 saturated carbocycles. The molecule has 0 spiro atoms. The van der Waals surface area contributed by atoms with Crippen molar-refractivity contribution in [3.8, 4) is 16.9 Å². The molecule has 0 aliphatic heterocycles. The number of sulfonamides is 1. The minimum absolute atomic E-state index is 0.0412. The lowest BCUT2D eigenvalue weighted by molar-refractivity contribution is 0.0696. The molecule has 1 aliphatic carbocycles. The number of hydrogen-bond donors (Lipinski definition) is 2. The lowest BCUT2D eigenvalue weighted by Gasteiger charge is -2.22. The molecule has 0 radical (unpaired) electrons. The van der Waals surface area contributed by atoms with Crippen molar-refractivity contribution >= 4 is 21.7 Å². The molecule has 1 aliphatic rings. The predicted molar refractivity (Wildman–Crippen MR) is 128 cm³/mol. The van der Waals surface area contributed by atoms with Crippen molar-refractivity contribution in [2.24, 2.45) is 0 Å². The monoisotopic (exact) mass is 483 g/mol. The van der Waals surface area contributed by atoms with E-state index in [2.05, 4.69) is 4.72 Å². The van der Waals surface area contributed by atoms with E-state index in [4.69, 9.17) is 9.84 Å². The highest BCUT2D eigenvalue weighted by Crippen LogP contribution is 2.35. The summed E-state index contributed by atoms with van der Waals surface area (Å²) in [7, 11) is -2.78. The maximum absolute atomic E-state index is 14.7. The molecule has 3 aromatic carbocycles. The topological polar surface area (TPSA) is 92.7 Å². The van der Waals surface area contributed by atoms with Crippen LogP contribution in [0.5, 0.6) is 5.75 Å². The van der Waals surface area contributed by atoms with E-state index in [9.17, 15) is 17.6 Å². The molecule has 0 unspecified atom stereocenters. The van der Waals surface area contributed by atoms with Crippen LogP contribution in [-0.2, 0) is 10.0 Å². The van der Waals surface area contributed by atoms with E-state index < -0.39 is 21.8 Å². The van der Waals surface area contributed by atoms with Gasteiger partial charge in [-0.1, -0.05) is 43.5 Å². The molecule has 0 saturated heterocycles. The van der Waals surface area contributed by atoms with Gasteiger partial charge in [-0.05, 0) is 66.3 Å². The van der Waals surface area contributed by atoms with Gasteiger partial charge in [0.1, 0.15) is 11.6 Å². The van der Waals surface area contributed by atoms with Gasteiger partial charge in [0.05, 0.1) is 23.3 Å². The predicted octanol–water partition coefficient (Wildman–Crippen LogP) is 6.05. The Labute approximate surface area is 198 Å². The lowest BCUT2D eigenvalue weighted by Crippen LogP contribution is -2.14. The van der Waals surface area contributed by atoms with Crippen molar-refractivity contribution in [2.45, 2.75) is 42.9 Å². The summed E-state index contributed by atoms with van der Waals surface area (Å²) < 4.78 is 48.3. The second-order valence-corrected chi connectivity index (χ2v) is 10.1. The SMILES string of the molecule is COc1cc(C(=O)O)ccc1NS(=O)(=O)c1ccc(F)c(-c2ccc(C3CCCCC3)cc2)c1. The summed E-state index contributed by atoms with van der Waals surface area (Å²) in [6.07, 6.45) is 6.02. The normalized spacial score (nSPS) is 14.5. The van der Waals surface area contributed by atoms with Crippen molar-refractivity contribution in [3.05, 3.63) is 77.6 Å². The number of carboxylic acids is 1. The van der Waals surface area contributed by atoms with Gasteiger partial charge in [0.2, 0.25) is 0 Å². The molecule has 0 bridgehead atoms. The molecule has 4 rings (SSSR count). The lowest BCUT2D eigenvalue weighted by atomic mass is 9.84. The molecule has 1 fully saturated rings. The van der Waals surface area contributed by atoms with Crippen LogP contribution in [0.25, 0.3) is 11.1 Å². The van der Waals surface area contributed by atoms with Crippen LogP contribution < -0.4 is 9.46 Å². The van der Waals surface area contributed by atoms with Crippen LogP contribution in [0.15, 0.2) is 65.6 Å². The summed E-state index contributed by atoms with van der Waals surface area (Å²) in [6.45, 7) is 0. The van der Waals surface area contributed by atoms with Gasteiger partial charge >= 0.3 is 5.97 Å². The number of hydrogen-bond acceptors (Lipinski definition) is 4. The molecular formula is C26H26FNO5S. The molecule has 0 atom stereocenters. The number of ether oxygens (including phenoxy) is 1. The number of carboxylic acid groups (broad SMARTS) is 1. The highest BCUT2D eigenvalue weighted by atomic mass is 32.2. The second-order valence-electron chi connectivity index (χ2n) is 8.42. The van der Waals surface area contributed by atoms with E-state index in [1.165, 1.54) is 62.3 Å². The number of nitrogens with one attached hydrogen (secondary N) is 1. The highest BCUT2D eigenvalue weighted by Gasteiger charge is 2.21. The Balaban J connectivity index is 1.62. The highest BCUT2D eigenvalue weighted by molar-refractivity contribution is 7.92. The van der Waals surface area contributed by atoms with Gasteiger partial charge in [-0.3, -0.25) is 4.72 Å². The molecule has 8 heteroatoms. The van der Waals surface area contributed by atoms with Crippen molar-refractivity contribution in [3.63, 3.8) is 0 Å². The summed E-state index contributed by atoms with van der Waals surface area (Å²) in [5, 5.41) is 9.13. The zero-order valence-electron chi connectivity index (χ0n) is 18.8. The third kappa shape index (κ3) is 5.07. The van der Waals surface area contributed by atoms with Crippen molar-refractivity contribution < 1.29 is 27.4 Å². The molecule has 0 amide bonds. The Morgan fingerprint density at radius 1 is 1.00 bits per heavy atom. The molecule has 178 valence electrons. The number of benzene rings is 3. The number of methoxy groups -OCH3 is 1. The van der Waals surface area contributed by atoms with Gasteiger partial charge in [0.15, 0.2) is 0 Å². The van der Waals surface area contributed by atoms with Gasteiger partial charge in [-0.15, -0.1) is 0 Å². The van der Waals surface area contributed by atoms with E-state index >= 15 is 0 Å². The van der Waals surface area contributed by atoms with Gasteiger partial charge in [0, 0.05) is 5.56 Å². The van der Waals surface area contributed by atoms with Gasteiger partial charge in [-0.25, -0.2) is 17.6 Å². The van der Waals surface area contributed by atoms with Gasteiger partial charge in [0.25, 0.3) is 10.0 Å². The molecule has 0 aromatic heterocycles. The molecule has 2 N–H and O–H groups in total. The first-order valence-corrected chi connectivity index (χ1v) is 12.6. The Kier molecular flexibility index (Phi) is 6.88. The van der Waals surface area contributed by atoms with Crippen LogP contribution in [0.2, 0.25) is 0 Å². The van der Waals surface area contributed by atoms with E-state index in [1.54, 1.807) is 0 Å². The number of anilines is 1. The Bertz CT molecular complexity index is 1300. The molecular weight excluding hydrogens is 457 g/mol. The quantitative estimate of drug-likeness (QED) is 0.427. The summed E-state index contributed by atoms with van der Waals surface area (Å²) in [5.74, 6) is -1.10. The first-order chi connectivity index (χ1) is 16.3. The smallest absolute Gasteiger partial charge is 0.335 e. The zero-order valence-corrected chi connectivity index (χ0v) is 19.6. The molecule has 34 heavy (non-hydrogen) atoms. The Morgan fingerprint density at radius 3 is 2.35 bits per heavy atom. The second kappa shape index (κ2) is 9.85. The summed E-state index contributed by atoms with van der Waals surface area (Å²) in [5.41, 5.74) is 2.05. The van der Waals surface area contributed by atoms with E-state index in [0.29, 0.717) is 11.5 Å². The Hall–Kier alpha value is -3.39. The average molecular weight is 484 g/mol. The molecule has 0 heterocycles. The summed E-state index contributed by atoms with van der Waals surface area (Å²) in [4.78, 5) is 11.1. The van der Waals surface area contributed by atoms with Gasteiger partial charge < -0.3 is 9.84 Å². The van der Waals surface area contributed by atoms with Crippen LogP contribution in [0.3, 0.4) is 0 Å². The first kappa shape index (κ1) is 23.8. The average Bonchev–Trinajstić information content (AvgIpc) is 2.85. The van der Waals surface area contributed by atoms with Crippen molar-refractivity contribution in [1.82, 2.24) is 0 Å². The van der Waals surface area contributed by atoms with Crippen LogP contribution in [0.1, 0.15) is 53.9 Å². The standard InChI is InChI=1S/C26H26FNO5S/c1-33-25-15-20(26(29)30)11-14-24(25)28-34(31,32)21-12-13-23(27)22(16-21)19-9-7-18(8-10-19)17-5-3-2-4-6-17/h7-17,28H,2-6H2,1H3,(H,29,30). The fourth-order valence-corrected chi connectivity index (χ4v) is 5.47. The van der Waals surface area contributed by atoms with E-state index in [-0.39, 0.29) is 27.5 Å². The summed E-state index contributed by atoms with van der Waals surface area (Å²) in [6, 6.07) is 15.1. The van der Waals surface area contributed by atoms with Crippen molar-refractivity contribution in [1.29, 1.82) is 0 Å². The number of halogens is 1. The molecule has 6 nitrogen and oxygen atoms in total. The maximum Gasteiger partial charge on any atom is 0.335 e. The van der Waals surface area contributed by atoms with Crippen molar-refractivity contribution in [2.75, 3.05) is 11.8 Å². The van der Waals surface area contributed by atoms with Crippen LogP contribution >= 0.6 is 0 Å². The van der Waals surface area contributed by atoms with Crippen LogP contribution in [-0.4, -0.2) is 26.6 Å². The van der Waals surface area contributed by atoms with Crippen LogP contribution in [0.4, 0.5) is 10.1 Å². The number of aromatic carboxylic acids is 1. The summed E-state index contributed by atoms with van der Waals surface area (Å²) >= 11 is 0. The largest absolute Gasteiger partial charge is 0.495 e. The number of carbonyl (C=O) groups is 1. The number of rotatable bonds is 7. The van der Waals surface area contributed by atoms with Crippen LogP contribution in [0, 0.1) is 5.82 Å². The Morgan fingerprint density at radius 2 is 1.71 bits per heavy atom. The minimum atomic E-state index is -4.10. The fourth-order valence-electron chi connectivity index (χ4n) is 4.38. The third-order valence-corrected chi connectivity index (χ3v) is 7.60. The van der Waals surface area contributed by atoms with Gasteiger partial charge in [-0.2, -0.15) is 0 Å². The third-order valence-electron chi connectivity index (χ3n) is 6.24. The minimum Gasteiger partial charge on any atom is -0.495 e. The van der Waals surface area contributed by atoms with E-state index in [0.717, 1.165) is 18.9 Å².